The van der Waals surface area contributed by atoms with E-state index in [2.05, 4.69) is 4.98 Å². The second kappa shape index (κ2) is 8.52. The second-order valence-electron chi connectivity index (χ2n) is 8.37. The van der Waals surface area contributed by atoms with Crippen molar-refractivity contribution in [2.75, 3.05) is 11.4 Å². The minimum atomic E-state index is -0.277. The maximum Gasteiger partial charge on any atom is 0.286 e. The molecule has 0 spiro atoms. The molecule has 0 N–H and O–H groups in total. The molecule has 6 rings (SSSR count). The van der Waals surface area contributed by atoms with Crippen LogP contribution in [0.1, 0.15) is 12.8 Å². The van der Waals surface area contributed by atoms with Gasteiger partial charge in [0.25, 0.3) is 5.56 Å². The van der Waals surface area contributed by atoms with Gasteiger partial charge in [-0.2, -0.15) is 0 Å². The van der Waals surface area contributed by atoms with Gasteiger partial charge in [0.15, 0.2) is 11.2 Å². The predicted molar refractivity (Wildman–Crippen MR) is 136 cm³/mol. The molecular weight excluding hydrogens is 462 g/mol. The van der Waals surface area contributed by atoms with Gasteiger partial charge in [0, 0.05) is 34.9 Å². The van der Waals surface area contributed by atoms with Gasteiger partial charge in [-0.05, 0) is 67.1 Å². The minimum absolute atomic E-state index is 0.127. The van der Waals surface area contributed by atoms with Crippen molar-refractivity contribution >= 4 is 34.4 Å². The SMILES string of the molecule is O=C1CCCN1c1ccc(-c2nc3c(ncn3-c3ccccc3)c(=O)n2-c2ccc(Cl)cc2)cc1. The molecule has 1 fully saturated rings. The maximum absolute atomic E-state index is 13.7. The third kappa shape index (κ3) is 3.70. The number of anilines is 1. The molecule has 7 nitrogen and oxygen atoms in total. The van der Waals surface area contributed by atoms with Gasteiger partial charge in [0.1, 0.15) is 12.2 Å². The summed E-state index contributed by atoms with van der Waals surface area (Å²) in [6.45, 7) is 0.716. The Labute approximate surface area is 205 Å². The molecule has 8 heteroatoms. The van der Waals surface area contributed by atoms with Crippen molar-refractivity contribution in [2.24, 2.45) is 0 Å². The van der Waals surface area contributed by atoms with Crippen LogP contribution in [0.15, 0.2) is 90.0 Å². The zero-order valence-electron chi connectivity index (χ0n) is 18.6. The lowest BCUT2D eigenvalue weighted by molar-refractivity contribution is -0.117. The molecule has 35 heavy (non-hydrogen) atoms. The van der Waals surface area contributed by atoms with Crippen LogP contribution in [0.5, 0.6) is 0 Å². The van der Waals surface area contributed by atoms with Crippen LogP contribution in [0.3, 0.4) is 0 Å². The van der Waals surface area contributed by atoms with Crippen molar-refractivity contribution in [3.63, 3.8) is 0 Å². The topological polar surface area (TPSA) is 73.0 Å². The van der Waals surface area contributed by atoms with Gasteiger partial charge in [0.05, 0.1) is 5.69 Å². The Hall–Kier alpha value is -4.23. The highest BCUT2D eigenvalue weighted by Gasteiger charge is 2.23. The van der Waals surface area contributed by atoms with E-state index in [1.165, 1.54) is 0 Å². The van der Waals surface area contributed by atoms with Crippen LogP contribution >= 0.6 is 11.6 Å². The summed E-state index contributed by atoms with van der Waals surface area (Å²) in [6, 6.07) is 24.3. The lowest BCUT2D eigenvalue weighted by Gasteiger charge is -2.17. The second-order valence-corrected chi connectivity index (χ2v) is 8.81. The van der Waals surface area contributed by atoms with Gasteiger partial charge in [-0.1, -0.05) is 29.8 Å². The Morgan fingerprint density at radius 3 is 2.20 bits per heavy atom. The molecule has 5 aromatic rings. The average molecular weight is 482 g/mol. The number of benzene rings is 3. The summed E-state index contributed by atoms with van der Waals surface area (Å²) in [4.78, 5) is 37.0. The maximum atomic E-state index is 13.7. The van der Waals surface area contributed by atoms with Crippen molar-refractivity contribution < 1.29 is 4.79 Å². The summed E-state index contributed by atoms with van der Waals surface area (Å²) in [6.07, 6.45) is 3.05. The Balaban J connectivity index is 1.57. The molecule has 0 unspecified atom stereocenters. The molecule has 1 aliphatic heterocycles. The number of aromatic nitrogens is 4. The predicted octanol–water partition coefficient (Wildman–Crippen LogP) is 5.02. The lowest BCUT2D eigenvalue weighted by Crippen LogP contribution is -2.24. The number of nitrogens with zero attached hydrogens (tertiary/aromatic N) is 5. The molecule has 172 valence electrons. The summed E-state index contributed by atoms with van der Waals surface area (Å²) in [7, 11) is 0. The zero-order chi connectivity index (χ0) is 23.9. The fourth-order valence-corrected chi connectivity index (χ4v) is 4.59. The minimum Gasteiger partial charge on any atom is -0.312 e. The summed E-state index contributed by atoms with van der Waals surface area (Å²) in [5.74, 6) is 0.601. The number of imidazole rings is 1. The van der Waals surface area contributed by atoms with Crippen molar-refractivity contribution in [3.05, 3.63) is 101 Å². The van der Waals surface area contributed by atoms with E-state index >= 15 is 0 Å². The van der Waals surface area contributed by atoms with Gasteiger partial charge < -0.3 is 4.90 Å². The van der Waals surface area contributed by atoms with E-state index in [0.29, 0.717) is 35.1 Å². The Bertz CT molecular complexity index is 1610. The van der Waals surface area contributed by atoms with E-state index in [9.17, 15) is 9.59 Å². The van der Waals surface area contributed by atoms with Crippen LogP contribution in [0.2, 0.25) is 5.02 Å². The molecular formula is C27H20ClN5O2. The summed E-state index contributed by atoms with van der Waals surface area (Å²) in [5.41, 5.74) is 3.55. The number of para-hydroxylation sites is 1. The Morgan fingerprint density at radius 2 is 1.51 bits per heavy atom. The van der Waals surface area contributed by atoms with Crippen molar-refractivity contribution in [3.8, 4) is 22.8 Å². The summed E-state index contributed by atoms with van der Waals surface area (Å²) < 4.78 is 3.36. The van der Waals surface area contributed by atoms with Crippen LogP contribution in [-0.2, 0) is 4.79 Å². The highest BCUT2D eigenvalue weighted by Crippen LogP contribution is 2.28. The number of halogens is 1. The molecule has 0 bridgehead atoms. The first-order chi connectivity index (χ1) is 17.1. The van der Waals surface area contributed by atoms with Crippen LogP contribution in [-0.4, -0.2) is 31.6 Å². The standard InChI is InChI=1S/C27H20ClN5O2/c28-19-10-14-22(15-11-19)33-25(18-8-12-21(13-9-18)31-16-4-7-23(31)34)30-26-24(27(33)35)29-17-32(26)20-5-2-1-3-6-20/h1-3,5-6,8-15,17H,4,7,16H2. The Morgan fingerprint density at radius 1 is 0.800 bits per heavy atom. The van der Waals surface area contributed by atoms with Crippen LogP contribution < -0.4 is 10.5 Å². The third-order valence-corrected chi connectivity index (χ3v) is 6.45. The van der Waals surface area contributed by atoms with Crippen molar-refractivity contribution in [2.45, 2.75) is 12.8 Å². The summed E-state index contributed by atoms with van der Waals surface area (Å²) >= 11 is 6.10. The fourth-order valence-electron chi connectivity index (χ4n) is 4.46. The van der Waals surface area contributed by atoms with Crippen molar-refractivity contribution in [1.29, 1.82) is 0 Å². The molecule has 3 heterocycles. The molecule has 1 saturated heterocycles. The number of rotatable bonds is 4. The molecule has 0 saturated carbocycles. The molecule has 0 aliphatic carbocycles. The summed E-state index contributed by atoms with van der Waals surface area (Å²) in [5, 5.41) is 0.574. The van der Waals surface area contributed by atoms with Crippen LogP contribution in [0.4, 0.5) is 5.69 Å². The normalized spacial score (nSPS) is 13.6. The number of hydrogen-bond donors (Lipinski definition) is 0. The first-order valence-electron chi connectivity index (χ1n) is 11.3. The van der Waals surface area contributed by atoms with Gasteiger partial charge in [-0.15, -0.1) is 0 Å². The highest BCUT2D eigenvalue weighted by atomic mass is 35.5. The van der Waals surface area contributed by atoms with Gasteiger partial charge in [-0.25, -0.2) is 9.97 Å². The molecule has 1 aliphatic rings. The van der Waals surface area contributed by atoms with E-state index in [1.54, 1.807) is 40.1 Å². The van der Waals surface area contributed by atoms with E-state index in [-0.39, 0.29) is 17.0 Å². The van der Waals surface area contributed by atoms with E-state index in [0.717, 1.165) is 23.4 Å². The smallest absolute Gasteiger partial charge is 0.286 e. The van der Waals surface area contributed by atoms with Gasteiger partial charge >= 0.3 is 0 Å². The number of fused-ring (bicyclic) bond motifs is 1. The first-order valence-corrected chi connectivity index (χ1v) is 11.7. The number of amides is 1. The quantitative estimate of drug-likeness (QED) is 0.361. The third-order valence-electron chi connectivity index (χ3n) is 6.20. The number of carbonyl (C=O) groups is 1. The van der Waals surface area contributed by atoms with E-state index in [1.807, 2.05) is 59.2 Å². The largest absolute Gasteiger partial charge is 0.312 e. The van der Waals surface area contributed by atoms with Crippen molar-refractivity contribution in [1.82, 2.24) is 19.1 Å². The van der Waals surface area contributed by atoms with Gasteiger partial charge in [-0.3, -0.25) is 18.7 Å². The lowest BCUT2D eigenvalue weighted by atomic mass is 10.1. The van der Waals surface area contributed by atoms with Crippen LogP contribution in [0.25, 0.3) is 33.9 Å². The number of carbonyl (C=O) groups excluding carboxylic acids is 1. The van der Waals surface area contributed by atoms with E-state index < -0.39 is 0 Å². The Kier molecular flexibility index (Phi) is 5.19. The number of hydrogen-bond acceptors (Lipinski definition) is 4. The monoisotopic (exact) mass is 481 g/mol. The average Bonchev–Trinajstić information content (AvgIpc) is 3.52. The fraction of sp³-hybridized carbons (Fsp3) is 0.111. The van der Waals surface area contributed by atoms with E-state index in [4.69, 9.17) is 16.6 Å². The highest BCUT2D eigenvalue weighted by molar-refractivity contribution is 6.30. The van der Waals surface area contributed by atoms with Crippen LogP contribution in [0, 0.1) is 0 Å². The molecule has 2 aromatic heterocycles. The molecule has 3 aromatic carbocycles. The van der Waals surface area contributed by atoms with Gasteiger partial charge in [0.2, 0.25) is 5.91 Å². The molecule has 0 atom stereocenters. The molecule has 0 radical (unpaired) electrons. The first kappa shape index (κ1) is 21.3. The zero-order valence-corrected chi connectivity index (χ0v) is 19.4. The molecule has 1 amide bonds.